The van der Waals surface area contributed by atoms with E-state index in [1.54, 1.807) is 7.11 Å². The van der Waals surface area contributed by atoms with E-state index < -0.39 is 0 Å². The van der Waals surface area contributed by atoms with E-state index in [2.05, 4.69) is 17.0 Å². The molecule has 2 rings (SSSR count). The van der Waals surface area contributed by atoms with Crippen molar-refractivity contribution in [3.05, 3.63) is 29.8 Å². The van der Waals surface area contributed by atoms with Crippen LogP contribution in [0.4, 0.5) is 0 Å². The van der Waals surface area contributed by atoms with Crippen LogP contribution < -0.4 is 10.5 Å². The van der Waals surface area contributed by atoms with Crippen LogP contribution in [0.15, 0.2) is 24.3 Å². The summed E-state index contributed by atoms with van der Waals surface area (Å²) < 4.78 is 10.6. The molecule has 1 aromatic carbocycles. The van der Waals surface area contributed by atoms with Crippen LogP contribution in [0, 0.1) is 5.92 Å². The molecule has 0 spiro atoms. The lowest BCUT2D eigenvalue weighted by molar-refractivity contribution is 0.0312. The lowest BCUT2D eigenvalue weighted by Crippen LogP contribution is -2.41. The molecule has 1 saturated heterocycles. The van der Waals surface area contributed by atoms with Crippen LogP contribution >= 0.6 is 0 Å². The molecule has 0 radical (unpaired) electrons. The molecule has 2 N–H and O–H groups in total. The zero-order valence-corrected chi connectivity index (χ0v) is 11.7. The Morgan fingerprint density at radius 1 is 1.37 bits per heavy atom. The van der Waals surface area contributed by atoms with Gasteiger partial charge in [0.15, 0.2) is 0 Å². The molecule has 0 saturated carbocycles. The number of methoxy groups -OCH3 is 1. The highest BCUT2D eigenvalue weighted by molar-refractivity contribution is 5.28. The van der Waals surface area contributed by atoms with E-state index in [4.69, 9.17) is 15.2 Å². The molecule has 0 amide bonds. The number of morpholine rings is 1. The Hall–Kier alpha value is -1.10. The molecule has 1 unspecified atom stereocenters. The number of hydrogen-bond acceptors (Lipinski definition) is 4. The van der Waals surface area contributed by atoms with Crippen molar-refractivity contribution < 1.29 is 9.47 Å². The van der Waals surface area contributed by atoms with E-state index in [1.807, 2.05) is 12.1 Å². The van der Waals surface area contributed by atoms with Crippen LogP contribution in [-0.2, 0) is 11.2 Å². The molecule has 1 aliphatic rings. The molecule has 0 aliphatic carbocycles. The number of nitrogens with zero attached hydrogens (tertiary/aromatic N) is 1. The summed E-state index contributed by atoms with van der Waals surface area (Å²) in [6.45, 7) is 5.50. The summed E-state index contributed by atoms with van der Waals surface area (Å²) in [4.78, 5) is 2.45. The van der Waals surface area contributed by atoms with Crippen LogP contribution in [-0.4, -0.2) is 51.4 Å². The van der Waals surface area contributed by atoms with Gasteiger partial charge in [-0.25, -0.2) is 0 Å². The highest BCUT2D eigenvalue weighted by Gasteiger charge is 2.16. The fourth-order valence-electron chi connectivity index (χ4n) is 2.50. The summed E-state index contributed by atoms with van der Waals surface area (Å²) in [5.74, 6) is 1.41. The Kier molecular flexibility index (Phi) is 5.63. The Bertz CT molecular complexity index is 378. The lowest BCUT2D eigenvalue weighted by atomic mass is 9.98. The van der Waals surface area contributed by atoms with Gasteiger partial charge in [0.05, 0.1) is 20.3 Å². The largest absolute Gasteiger partial charge is 0.497 e. The van der Waals surface area contributed by atoms with Crippen molar-refractivity contribution >= 4 is 0 Å². The third-order valence-electron chi connectivity index (χ3n) is 3.61. The third-order valence-corrected chi connectivity index (χ3v) is 3.61. The van der Waals surface area contributed by atoms with Gasteiger partial charge in [0.25, 0.3) is 0 Å². The first kappa shape index (κ1) is 14.3. The highest BCUT2D eigenvalue weighted by atomic mass is 16.5. The molecular formula is C15H24N2O2. The Morgan fingerprint density at radius 3 is 2.84 bits per heavy atom. The molecule has 1 aromatic rings. The first-order valence-corrected chi connectivity index (χ1v) is 6.95. The van der Waals surface area contributed by atoms with E-state index in [1.165, 1.54) is 5.56 Å². The Morgan fingerprint density at radius 2 is 2.16 bits per heavy atom. The molecule has 19 heavy (non-hydrogen) atoms. The van der Waals surface area contributed by atoms with Crippen LogP contribution in [0.1, 0.15) is 5.56 Å². The van der Waals surface area contributed by atoms with Crippen LogP contribution in [0.5, 0.6) is 5.75 Å². The Labute approximate surface area is 115 Å². The maximum atomic E-state index is 5.92. The summed E-state index contributed by atoms with van der Waals surface area (Å²) in [5.41, 5.74) is 7.21. The van der Waals surface area contributed by atoms with Gasteiger partial charge in [0.2, 0.25) is 0 Å². The zero-order chi connectivity index (χ0) is 13.5. The van der Waals surface area contributed by atoms with Crippen molar-refractivity contribution in [2.24, 2.45) is 11.7 Å². The molecule has 4 nitrogen and oxygen atoms in total. The van der Waals surface area contributed by atoms with Gasteiger partial charge in [-0.15, -0.1) is 0 Å². The monoisotopic (exact) mass is 264 g/mol. The van der Waals surface area contributed by atoms with Crippen molar-refractivity contribution in [2.75, 3.05) is 46.5 Å². The normalized spacial score (nSPS) is 18.2. The molecule has 4 heteroatoms. The highest BCUT2D eigenvalue weighted by Crippen LogP contribution is 2.16. The lowest BCUT2D eigenvalue weighted by Gasteiger charge is -2.30. The standard InChI is InChI=1S/C15H24N2O2/c1-18-15-4-2-3-13(10-15)9-14(11-16)12-17-5-7-19-8-6-17/h2-4,10,14H,5-9,11-12,16H2,1H3. The van der Waals surface area contributed by atoms with E-state index in [0.29, 0.717) is 12.5 Å². The average Bonchev–Trinajstić information content (AvgIpc) is 2.48. The summed E-state index contributed by atoms with van der Waals surface area (Å²) in [6.07, 6.45) is 1.01. The summed E-state index contributed by atoms with van der Waals surface area (Å²) >= 11 is 0. The number of rotatable bonds is 6. The molecule has 106 valence electrons. The molecule has 1 heterocycles. The van der Waals surface area contributed by atoms with Crippen molar-refractivity contribution in [1.82, 2.24) is 4.90 Å². The van der Waals surface area contributed by atoms with Crippen molar-refractivity contribution in [1.29, 1.82) is 0 Å². The van der Waals surface area contributed by atoms with Gasteiger partial charge in [-0.2, -0.15) is 0 Å². The van der Waals surface area contributed by atoms with Gasteiger partial charge in [0.1, 0.15) is 5.75 Å². The molecule has 1 fully saturated rings. The predicted molar refractivity (Wildman–Crippen MR) is 76.5 cm³/mol. The van der Waals surface area contributed by atoms with Gasteiger partial charge in [-0.05, 0) is 36.6 Å². The first-order chi connectivity index (χ1) is 9.31. The minimum atomic E-state index is 0.491. The maximum absolute atomic E-state index is 5.92. The quantitative estimate of drug-likeness (QED) is 0.837. The number of nitrogens with two attached hydrogens (primary N) is 1. The second-order valence-corrected chi connectivity index (χ2v) is 5.07. The first-order valence-electron chi connectivity index (χ1n) is 6.95. The molecule has 1 aliphatic heterocycles. The minimum absolute atomic E-state index is 0.491. The van der Waals surface area contributed by atoms with Crippen molar-refractivity contribution in [2.45, 2.75) is 6.42 Å². The molecule has 0 aromatic heterocycles. The zero-order valence-electron chi connectivity index (χ0n) is 11.7. The number of hydrogen-bond donors (Lipinski definition) is 1. The predicted octanol–water partition coefficient (Wildman–Crippen LogP) is 1.14. The van der Waals surface area contributed by atoms with Crippen LogP contribution in [0.25, 0.3) is 0 Å². The van der Waals surface area contributed by atoms with Crippen molar-refractivity contribution in [3.8, 4) is 5.75 Å². The fraction of sp³-hybridized carbons (Fsp3) is 0.600. The average molecular weight is 264 g/mol. The summed E-state index contributed by atoms with van der Waals surface area (Å²) in [6, 6.07) is 8.26. The summed E-state index contributed by atoms with van der Waals surface area (Å²) in [5, 5.41) is 0. The van der Waals surface area contributed by atoms with Gasteiger partial charge in [-0.3, -0.25) is 4.90 Å². The second kappa shape index (κ2) is 7.48. The molecular weight excluding hydrogens is 240 g/mol. The smallest absolute Gasteiger partial charge is 0.119 e. The Balaban J connectivity index is 1.90. The fourth-order valence-corrected chi connectivity index (χ4v) is 2.50. The van der Waals surface area contributed by atoms with E-state index in [0.717, 1.165) is 45.0 Å². The SMILES string of the molecule is COc1cccc(CC(CN)CN2CCOCC2)c1. The third kappa shape index (κ3) is 4.49. The minimum Gasteiger partial charge on any atom is -0.497 e. The van der Waals surface area contributed by atoms with Crippen LogP contribution in [0.2, 0.25) is 0 Å². The van der Waals surface area contributed by atoms with Gasteiger partial charge in [-0.1, -0.05) is 12.1 Å². The second-order valence-electron chi connectivity index (χ2n) is 5.07. The maximum Gasteiger partial charge on any atom is 0.119 e. The van der Waals surface area contributed by atoms with E-state index >= 15 is 0 Å². The van der Waals surface area contributed by atoms with Crippen molar-refractivity contribution in [3.63, 3.8) is 0 Å². The number of ether oxygens (including phenoxy) is 2. The van der Waals surface area contributed by atoms with Gasteiger partial charge in [0, 0.05) is 19.6 Å². The van der Waals surface area contributed by atoms with Gasteiger partial charge < -0.3 is 15.2 Å². The molecule has 1 atom stereocenters. The van der Waals surface area contributed by atoms with Crippen LogP contribution in [0.3, 0.4) is 0 Å². The number of benzene rings is 1. The van der Waals surface area contributed by atoms with E-state index in [-0.39, 0.29) is 0 Å². The van der Waals surface area contributed by atoms with E-state index in [9.17, 15) is 0 Å². The van der Waals surface area contributed by atoms with Gasteiger partial charge >= 0.3 is 0 Å². The summed E-state index contributed by atoms with van der Waals surface area (Å²) in [7, 11) is 1.70. The topological polar surface area (TPSA) is 47.7 Å². The molecule has 0 bridgehead atoms.